The molecule has 0 saturated carbocycles. The standard InChI is InChI=1S/C14H12O5/c1-7(15)10-4-9-5-12(8(2)16)19-13(9)6-11(10)14(17)18-3/h4-6H,1-3H3. The first-order valence-corrected chi connectivity index (χ1v) is 5.62. The zero-order valence-corrected chi connectivity index (χ0v) is 10.8. The van der Waals surface area contributed by atoms with Crippen LogP contribution in [-0.4, -0.2) is 24.6 Å². The van der Waals surface area contributed by atoms with Crippen LogP contribution in [0.3, 0.4) is 0 Å². The van der Waals surface area contributed by atoms with Crippen molar-refractivity contribution in [2.75, 3.05) is 7.11 Å². The summed E-state index contributed by atoms with van der Waals surface area (Å²) < 4.78 is 9.96. The van der Waals surface area contributed by atoms with E-state index >= 15 is 0 Å². The van der Waals surface area contributed by atoms with Crippen molar-refractivity contribution in [3.63, 3.8) is 0 Å². The van der Waals surface area contributed by atoms with Crippen molar-refractivity contribution < 1.29 is 23.5 Å². The van der Waals surface area contributed by atoms with Gasteiger partial charge < -0.3 is 9.15 Å². The maximum Gasteiger partial charge on any atom is 0.338 e. The van der Waals surface area contributed by atoms with Gasteiger partial charge in [0.05, 0.1) is 12.7 Å². The minimum Gasteiger partial charge on any atom is -0.465 e. The number of benzene rings is 1. The lowest BCUT2D eigenvalue weighted by Crippen LogP contribution is -2.08. The van der Waals surface area contributed by atoms with E-state index in [1.165, 1.54) is 33.1 Å². The van der Waals surface area contributed by atoms with Gasteiger partial charge in [-0.05, 0) is 25.1 Å². The molecule has 2 rings (SSSR count). The van der Waals surface area contributed by atoms with Gasteiger partial charge in [-0.1, -0.05) is 0 Å². The van der Waals surface area contributed by atoms with Gasteiger partial charge in [-0.25, -0.2) is 4.79 Å². The first kappa shape index (κ1) is 13.0. The molecule has 0 aliphatic carbocycles. The summed E-state index contributed by atoms with van der Waals surface area (Å²) in [5.74, 6) is -0.910. The van der Waals surface area contributed by atoms with E-state index in [0.717, 1.165) is 0 Å². The normalized spacial score (nSPS) is 10.5. The first-order valence-electron chi connectivity index (χ1n) is 5.62. The van der Waals surface area contributed by atoms with E-state index in [-0.39, 0.29) is 28.5 Å². The lowest BCUT2D eigenvalue weighted by atomic mass is 10.0. The molecule has 98 valence electrons. The average molecular weight is 260 g/mol. The molecule has 1 aromatic heterocycles. The van der Waals surface area contributed by atoms with Crippen LogP contribution in [0.1, 0.15) is 45.1 Å². The van der Waals surface area contributed by atoms with Gasteiger partial charge in [-0.2, -0.15) is 0 Å². The predicted molar refractivity (Wildman–Crippen MR) is 67.6 cm³/mol. The summed E-state index contributed by atoms with van der Waals surface area (Å²) in [5, 5.41) is 0.600. The maximum atomic E-state index is 11.6. The minimum atomic E-state index is -0.618. The smallest absolute Gasteiger partial charge is 0.338 e. The second kappa shape index (κ2) is 4.68. The molecule has 0 saturated heterocycles. The molecule has 0 radical (unpaired) electrons. The van der Waals surface area contributed by atoms with E-state index in [0.29, 0.717) is 11.0 Å². The van der Waals surface area contributed by atoms with Gasteiger partial charge in [-0.3, -0.25) is 9.59 Å². The van der Waals surface area contributed by atoms with E-state index in [9.17, 15) is 14.4 Å². The van der Waals surface area contributed by atoms with Gasteiger partial charge in [0.15, 0.2) is 17.3 Å². The van der Waals surface area contributed by atoms with Crippen molar-refractivity contribution in [1.82, 2.24) is 0 Å². The molecule has 1 aromatic carbocycles. The van der Waals surface area contributed by atoms with Crippen molar-refractivity contribution in [1.29, 1.82) is 0 Å². The molecule has 5 heteroatoms. The molecule has 0 amide bonds. The zero-order chi connectivity index (χ0) is 14.2. The third kappa shape index (κ3) is 2.27. The predicted octanol–water partition coefficient (Wildman–Crippen LogP) is 2.62. The third-order valence-electron chi connectivity index (χ3n) is 2.79. The molecule has 5 nitrogen and oxygen atoms in total. The number of furan rings is 1. The molecule has 0 bridgehead atoms. The van der Waals surface area contributed by atoms with Crippen molar-refractivity contribution in [3.05, 3.63) is 35.1 Å². The van der Waals surface area contributed by atoms with Crippen LogP contribution in [0.5, 0.6) is 0 Å². The summed E-state index contributed by atoms with van der Waals surface area (Å²) in [6.45, 7) is 2.74. The fraction of sp³-hybridized carbons (Fsp3) is 0.214. The van der Waals surface area contributed by atoms with E-state index in [2.05, 4.69) is 4.74 Å². The highest BCUT2D eigenvalue weighted by Crippen LogP contribution is 2.25. The number of fused-ring (bicyclic) bond motifs is 1. The van der Waals surface area contributed by atoms with Crippen molar-refractivity contribution >= 4 is 28.5 Å². The molecule has 0 unspecified atom stereocenters. The Morgan fingerprint density at radius 1 is 1.00 bits per heavy atom. The van der Waals surface area contributed by atoms with E-state index in [1.807, 2.05) is 0 Å². The highest BCUT2D eigenvalue weighted by atomic mass is 16.5. The number of hydrogen-bond donors (Lipinski definition) is 0. The van der Waals surface area contributed by atoms with E-state index < -0.39 is 5.97 Å². The molecule has 19 heavy (non-hydrogen) atoms. The highest BCUT2D eigenvalue weighted by molar-refractivity contribution is 6.09. The Morgan fingerprint density at radius 2 is 1.68 bits per heavy atom. The lowest BCUT2D eigenvalue weighted by Gasteiger charge is -2.04. The zero-order valence-electron chi connectivity index (χ0n) is 10.8. The molecule has 0 atom stereocenters. The average Bonchev–Trinajstić information content (AvgIpc) is 2.79. The second-order valence-corrected chi connectivity index (χ2v) is 4.15. The van der Waals surface area contributed by atoms with E-state index in [1.54, 1.807) is 6.07 Å². The van der Waals surface area contributed by atoms with Gasteiger partial charge in [0.25, 0.3) is 0 Å². The number of carbonyl (C=O) groups excluding carboxylic acids is 3. The summed E-state index contributed by atoms with van der Waals surface area (Å²) in [5.41, 5.74) is 0.748. The van der Waals surface area contributed by atoms with Crippen molar-refractivity contribution in [2.24, 2.45) is 0 Å². The number of Topliss-reactive ketones (excluding diaryl/α,β-unsaturated/α-hetero) is 2. The Kier molecular flexibility index (Phi) is 3.21. The minimum absolute atomic E-state index is 0.131. The fourth-order valence-corrected chi connectivity index (χ4v) is 1.83. The third-order valence-corrected chi connectivity index (χ3v) is 2.79. The number of esters is 1. The SMILES string of the molecule is COC(=O)c1cc2oc(C(C)=O)cc2cc1C(C)=O. The van der Waals surface area contributed by atoms with Crippen LogP contribution in [0.4, 0.5) is 0 Å². The maximum absolute atomic E-state index is 11.6. The van der Waals surface area contributed by atoms with Gasteiger partial charge in [0.2, 0.25) is 0 Å². The van der Waals surface area contributed by atoms with Crippen LogP contribution in [0.15, 0.2) is 22.6 Å². The Morgan fingerprint density at radius 3 is 2.21 bits per heavy atom. The molecular weight excluding hydrogens is 248 g/mol. The van der Waals surface area contributed by atoms with Gasteiger partial charge >= 0.3 is 5.97 Å². The van der Waals surface area contributed by atoms with Gasteiger partial charge in [0.1, 0.15) is 5.58 Å². The van der Waals surface area contributed by atoms with Crippen LogP contribution in [0, 0.1) is 0 Å². The summed E-state index contributed by atoms with van der Waals surface area (Å²) in [4.78, 5) is 34.5. The van der Waals surface area contributed by atoms with Crippen LogP contribution in [-0.2, 0) is 4.74 Å². The Labute approximate surface area is 109 Å². The second-order valence-electron chi connectivity index (χ2n) is 4.15. The van der Waals surface area contributed by atoms with Crippen molar-refractivity contribution in [3.8, 4) is 0 Å². The van der Waals surface area contributed by atoms with Crippen molar-refractivity contribution in [2.45, 2.75) is 13.8 Å². The number of hydrogen-bond acceptors (Lipinski definition) is 5. The largest absolute Gasteiger partial charge is 0.465 e. The number of rotatable bonds is 3. The van der Waals surface area contributed by atoms with Crippen LogP contribution in [0.2, 0.25) is 0 Å². The molecule has 0 N–H and O–H groups in total. The molecule has 0 aliphatic heterocycles. The topological polar surface area (TPSA) is 73.6 Å². The first-order chi connectivity index (χ1) is 8.93. The number of ether oxygens (including phenoxy) is 1. The summed E-state index contributed by atoms with van der Waals surface area (Å²) in [7, 11) is 1.24. The fourth-order valence-electron chi connectivity index (χ4n) is 1.83. The Balaban J connectivity index is 2.72. The van der Waals surface area contributed by atoms with Crippen LogP contribution in [0.25, 0.3) is 11.0 Å². The number of methoxy groups -OCH3 is 1. The number of carbonyl (C=O) groups is 3. The summed E-state index contributed by atoms with van der Waals surface area (Å²) in [6.07, 6.45) is 0. The molecule has 0 spiro atoms. The monoisotopic (exact) mass is 260 g/mol. The van der Waals surface area contributed by atoms with Crippen LogP contribution >= 0.6 is 0 Å². The summed E-state index contributed by atoms with van der Waals surface area (Å²) in [6, 6.07) is 4.50. The molecule has 0 aliphatic rings. The summed E-state index contributed by atoms with van der Waals surface area (Å²) >= 11 is 0. The van der Waals surface area contributed by atoms with Crippen LogP contribution < -0.4 is 0 Å². The van der Waals surface area contributed by atoms with Gasteiger partial charge in [0, 0.05) is 17.9 Å². The molecule has 0 fully saturated rings. The molecule has 2 aromatic rings. The Hall–Kier alpha value is -2.43. The highest BCUT2D eigenvalue weighted by Gasteiger charge is 2.19. The molecule has 1 heterocycles. The lowest BCUT2D eigenvalue weighted by molar-refractivity contribution is 0.0597. The molecular formula is C14H12O5. The van der Waals surface area contributed by atoms with Gasteiger partial charge in [-0.15, -0.1) is 0 Å². The van der Waals surface area contributed by atoms with E-state index in [4.69, 9.17) is 4.42 Å². The Bertz CT molecular complexity index is 693. The number of ketones is 2. The quantitative estimate of drug-likeness (QED) is 0.626.